The van der Waals surface area contributed by atoms with Crippen LogP contribution in [0.2, 0.25) is 0 Å². The minimum Gasteiger partial charge on any atom is -0.496 e. The van der Waals surface area contributed by atoms with Crippen molar-refractivity contribution in [2.75, 3.05) is 14.2 Å². The quantitative estimate of drug-likeness (QED) is 0.790. The summed E-state index contributed by atoms with van der Waals surface area (Å²) < 4.78 is 13.1. The predicted molar refractivity (Wildman–Crippen MR) is 83.3 cm³/mol. The summed E-state index contributed by atoms with van der Waals surface area (Å²) in [5, 5.41) is 12.7. The predicted octanol–water partition coefficient (Wildman–Crippen LogP) is 4.06. The Labute approximate surface area is 125 Å². The van der Waals surface area contributed by atoms with Crippen molar-refractivity contribution >= 4 is 32.1 Å². The fourth-order valence-corrected chi connectivity index (χ4v) is 4.33. The lowest BCUT2D eigenvalue weighted by Gasteiger charge is -2.17. The lowest BCUT2D eigenvalue weighted by Crippen LogP contribution is -2.03. The van der Waals surface area contributed by atoms with Crippen LogP contribution >= 0.6 is 22.7 Å². The normalized spacial score (nSPS) is 12.6. The van der Waals surface area contributed by atoms with Crippen LogP contribution in [0.25, 0.3) is 9.40 Å². The van der Waals surface area contributed by atoms with Gasteiger partial charge in [-0.3, -0.25) is 0 Å². The first kappa shape index (κ1) is 13.4. The summed E-state index contributed by atoms with van der Waals surface area (Å²) >= 11 is 3.27. The average Bonchev–Trinajstić information content (AvgIpc) is 3.06. The Balaban J connectivity index is 2.09. The minimum absolute atomic E-state index is 0.633. The number of benzene rings is 1. The van der Waals surface area contributed by atoms with Gasteiger partial charge >= 0.3 is 0 Å². The number of aliphatic hydroxyl groups is 1. The van der Waals surface area contributed by atoms with Gasteiger partial charge in [0.2, 0.25) is 0 Å². The maximum absolute atomic E-state index is 10.7. The second-order valence-corrected chi connectivity index (χ2v) is 6.34. The Bertz CT molecular complexity index is 679. The van der Waals surface area contributed by atoms with E-state index in [0.717, 1.165) is 4.88 Å². The Morgan fingerprint density at radius 2 is 1.75 bits per heavy atom. The van der Waals surface area contributed by atoms with Gasteiger partial charge in [0.1, 0.15) is 17.6 Å². The largest absolute Gasteiger partial charge is 0.496 e. The van der Waals surface area contributed by atoms with Gasteiger partial charge in [0.05, 0.1) is 19.8 Å². The smallest absolute Gasteiger partial charge is 0.128 e. The molecule has 0 aliphatic carbocycles. The number of hydrogen-bond acceptors (Lipinski definition) is 5. The number of ether oxygens (including phenoxy) is 2. The molecule has 0 aliphatic heterocycles. The van der Waals surface area contributed by atoms with E-state index in [4.69, 9.17) is 9.47 Å². The maximum Gasteiger partial charge on any atom is 0.128 e. The van der Waals surface area contributed by atoms with Gasteiger partial charge in [-0.2, -0.15) is 0 Å². The molecular weight excluding hydrogens is 292 g/mol. The van der Waals surface area contributed by atoms with Crippen LogP contribution in [-0.2, 0) is 0 Å². The number of hydrogen-bond donors (Lipinski definition) is 1. The van der Waals surface area contributed by atoms with Crippen LogP contribution in [0.1, 0.15) is 16.5 Å². The van der Waals surface area contributed by atoms with Crippen LogP contribution in [0.3, 0.4) is 0 Å². The number of fused-ring (bicyclic) bond motifs is 1. The fourth-order valence-electron chi connectivity index (χ4n) is 2.21. The molecule has 2 heterocycles. The molecular formula is C15H14O3S2. The van der Waals surface area contributed by atoms with Gasteiger partial charge < -0.3 is 14.6 Å². The third-order valence-corrected chi connectivity index (χ3v) is 5.31. The highest BCUT2D eigenvalue weighted by molar-refractivity contribution is 7.26. The van der Waals surface area contributed by atoms with E-state index < -0.39 is 6.10 Å². The molecule has 3 nitrogen and oxygen atoms in total. The van der Waals surface area contributed by atoms with Gasteiger partial charge in [0.25, 0.3) is 0 Å². The second-order valence-electron chi connectivity index (χ2n) is 4.28. The first-order valence-electron chi connectivity index (χ1n) is 6.10. The van der Waals surface area contributed by atoms with Crippen molar-refractivity contribution in [3.05, 3.63) is 46.2 Å². The van der Waals surface area contributed by atoms with E-state index in [9.17, 15) is 5.11 Å². The zero-order valence-electron chi connectivity index (χ0n) is 11.1. The molecule has 0 fully saturated rings. The van der Waals surface area contributed by atoms with E-state index in [-0.39, 0.29) is 0 Å². The summed E-state index contributed by atoms with van der Waals surface area (Å²) in [6.45, 7) is 0. The molecule has 0 amide bonds. The van der Waals surface area contributed by atoms with E-state index in [1.165, 1.54) is 9.40 Å². The molecule has 0 radical (unpaired) electrons. The summed E-state index contributed by atoms with van der Waals surface area (Å²) in [6, 6.07) is 9.61. The summed E-state index contributed by atoms with van der Waals surface area (Å²) in [4.78, 5) is 0.898. The fraction of sp³-hybridized carbons (Fsp3) is 0.200. The Morgan fingerprint density at radius 1 is 1.05 bits per heavy atom. The van der Waals surface area contributed by atoms with E-state index in [2.05, 4.69) is 11.4 Å². The standard InChI is InChI=1S/C15H14O3S2/c1-17-9-4-3-5-10(18-2)14(9)15(16)13-8-12-11(20-13)6-7-19-12/h3-8,15-16H,1-2H3. The van der Waals surface area contributed by atoms with E-state index in [0.29, 0.717) is 17.1 Å². The highest BCUT2D eigenvalue weighted by Crippen LogP contribution is 2.41. The van der Waals surface area contributed by atoms with Crippen LogP contribution in [-0.4, -0.2) is 19.3 Å². The van der Waals surface area contributed by atoms with Crippen molar-refractivity contribution in [3.8, 4) is 11.5 Å². The van der Waals surface area contributed by atoms with Crippen molar-refractivity contribution < 1.29 is 14.6 Å². The molecule has 2 aromatic heterocycles. The van der Waals surface area contributed by atoms with Gasteiger partial charge in [0.15, 0.2) is 0 Å². The molecule has 0 aliphatic rings. The minimum atomic E-state index is -0.745. The second kappa shape index (κ2) is 5.44. The maximum atomic E-state index is 10.7. The summed E-state index contributed by atoms with van der Waals surface area (Å²) in [5.41, 5.74) is 0.673. The molecule has 1 atom stereocenters. The van der Waals surface area contributed by atoms with Crippen molar-refractivity contribution in [2.45, 2.75) is 6.10 Å². The molecule has 5 heteroatoms. The highest BCUT2D eigenvalue weighted by Gasteiger charge is 2.22. The summed E-state index contributed by atoms with van der Waals surface area (Å²) in [7, 11) is 3.19. The van der Waals surface area contributed by atoms with Crippen LogP contribution < -0.4 is 9.47 Å². The Kier molecular flexibility index (Phi) is 3.65. The van der Waals surface area contributed by atoms with Crippen LogP contribution in [0.4, 0.5) is 0 Å². The number of aliphatic hydroxyl groups excluding tert-OH is 1. The number of methoxy groups -OCH3 is 2. The molecule has 0 saturated carbocycles. The molecule has 3 rings (SSSR count). The van der Waals surface area contributed by atoms with E-state index in [1.807, 2.05) is 24.3 Å². The molecule has 3 aromatic rings. The van der Waals surface area contributed by atoms with Crippen LogP contribution in [0.15, 0.2) is 35.7 Å². The molecule has 1 aromatic carbocycles. The van der Waals surface area contributed by atoms with Gasteiger partial charge in [0, 0.05) is 14.3 Å². The zero-order valence-corrected chi connectivity index (χ0v) is 12.8. The summed E-state index contributed by atoms with van der Waals surface area (Å²) in [5.74, 6) is 1.27. The first-order valence-corrected chi connectivity index (χ1v) is 7.80. The van der Waals surface area contributed by atoms with Gasteiger partial charge in [-0.15, -0.1) is 22.7 Å². The third-order valence-electron chi connectivity index (χ3n) is 3.17. The Hall–Kier alpha value is -1.56. The molecule has 1 unspecified atom stereocenters. The molecule has 0 saturated heterocycles. The van der Waals surface area contributed by atoms with Gasteiger partial charge in [-0.05, 0) is 29.6 Å². The van der Waals surface area contributed by atoms with Crippen LogP contribution in [0, 0.1) is 0 Å². The van der Waals surface area contributed by atoms with Crippen molar-refractivity contribution in [1.82, 2.24) is 0 Å². The number of rotatable bonds is 4. The number of thiophene rings is 2. The Morgan fingerprint density at radius 3 is 2.35 bits per heavy atom. The van der Waals surface area contributed by atoms with Crippen molar-refractivity contribution in [1.29, 1.82) is 0 Å². The van der Waals surface area contributed by atoms with E-state index in [1.54, 1.807) is 36.9 Å². The van der Waals surface area contributed by atoms with Gasteiger partial charge in [-0.1, -0.05) is 6.07 Å². The van der Waals surface area contributed by atoms with Crippen molar-refractivity contribution in [3.63, 3.8) is 0 Å². The molecule has 0 bridgehead atoms. The lowest BCUT2D eigenvalue weighted by atomic mass is 10.1. The SMILES string of the molecule is COc1cccc(OC)c1C(O)c1cc2sccc2s1. The first-order chi connectivity index (χ1) is 9.74. The highest BCUT2D eigenvalue weighted by atomic mass is 32.1. The average molecular weight is 306 g/mol. The third kappa shape index (κ3) is 2.18. The summed E-state index contributed by atoms with van der Waals surface area (Å²) in [6.07, 6.45) is -0.745. The lowest BCUT2D eigenvalue weighted by molar-refractivity contribution is 0.212. The van der Waals surface area contributed by atoms with Crippen molar-refractivity contribution in [2.24, 2.45) is 0 Å². The molecule has 1 N–H and O–H groups in total. The monoisotopic (exact) mass is 306 g/mol. The van der Waals surface area contributed by atoms with Gasteiger partial charge in [-0.25, -0.2) is 0 Å². The zero-order chi connectivity index (χ0) is 14.1. The molecule has 20 heavy (non-hydrogen) atoms. The molecule has 104 valence electrons. The van der Waals surface area contributed by atoms with E-state index >= 15 is 0 Å². The molecule has 0 spiro atoms. The topological polar surface area (TPSA) is 38.7 Å². The van der Waals surface area contributed by atoms with Crippen LogP contribution in [0.5, 0.6) is 11.5 Å².